The maximum atomic E-state index is 13.4. The second kappa shape index (κ2) is 4.98. The number of hydrogen-bond donors (Lipinski definition) is 0. The molecule has 0 saturated carbocycles. The van der Waals surface area contributed by atoms with Crippen LogP contribution >= 0.6 is 10.7 Å². The van der Waals surface area contributed by atoms with Crippen LogP contribution in [0.4, 0.5) is 18.9 Å². The molecular formula is C7H3ClF3NO5S. The first-order chi connectivity index (χ1) is 8.12. The minimum absolute atomic E-state index is 0.302. The van der Waals surface area contributed by atoms with Crippen LogP contribution < -0.4 is 4.74 Å². The molecule has 0 unspecified atom stereocenters. The Labute approximate surface area is 102 Å². The number of non-ortho nitro benzene ring substituents is 1. The van der Waals surface area contributed by atoms with E-state index >= 15 is 0 Å². The summed E-state index contributed by atoms with van der Waals surface area (Å²) in [7, 11) is 0.136. The summed E-state index contributed by atoms with van der Waals surface area (Å²) in [6, 6.07) is 0.628. The summed E-state index contributed by atoms with van der Waals surface area (Å²) in [5.41, 5.74) is -0.953. The van der Waals surface area contributed by atoms with E-state index in [1.54, 1.807) is 0 Å². The molecule has 0 saturated heterocycles. The molecule has 0 aliphatic carbocycles. The first-order valence-corrected chi connectivity index (χ1v) is 6.31. The normalized spacial score (nSPS) is 11.6. The van der Waals surface area contributed by atoms with Crippen molar-refractivity contribution in [1.82, 2.24) is 0 Å². The van der Waals surface area contributed by atoms with Crippen molar-refractivity contribution in [2.24, 2.45) is 0 Å². The Morgan fingerprint density at radius 1 is 1.39 bits per heavy atom. The van der Waals surface area contributed by atoms with E-state index in [-0.39, 0.29) is 0 Å². The van der Waals surface area contributed by atoms with Gasteiger partial charge >= 0.3 is 6.61 Å². The lowest BCUT2D eigenvalue weighted by Crippen LogP contribution is -2.07. The molecular weight excluding hydrogens is 303 g/mol. The standard InChI is InChI=1S/C7H3ClF3NO5S/c8-18(15,16)5-2-3(12(13)14)1-4(6(5)9)17-7(10)11/h1-2,7H. The Bertz CT molecular complexity index is 591. The summed E-state index contributed by atoms with van der Waals surface area (Å²) in [6.45, 7) is -3.48. The molecule has 0 spiro atoms. The summed E-state index contributed by atoms with van der Waals surface area (Å²) in [4.78, 5) is 8.01. The van der Waals surface area contributed by atoms with Gasteiger partial charge in [0.25, 0.3) is 14.7 Å². The van der Waals surface area contributed by atoms with E-state index in [2.05, 4.69) is 4.74 Å². The molecule has 0 atom stereocenters. The Balaban J connectivity index is 3.53. The molecule has 0 amide bonds. The summed E-state index contributed by atoms with van der Waals surface area (Å²) in [5.74, 6) is -3.01. The molecule has 0 heterocycles. The third-order valence-electron chi connectivity index (χ3n) is 1.68. The molecule has 6 nitrogen and oxygen atoms in total. The van der Waals surface area contributed by atoms with Gasteiger partial charge < -0.3 is 4.74 Å². The molecule has 0 radical (unpaired) electrons. The summed E-state index contributed by atoms with van der Waals surface area (Å²) >= 11 is 0. The van der Waals surface area contributed by atoms with Gasteiger partial charge in [0.05, 0.1) is 11.0 Å². The second-order valence-electron chi connectivity index (χ2n) is 2.83. The van der Waals surface area contributed by atoms with E-state index in [0.29, 0.717) is 12.1 Å². The van der Waals surface area contributed by atoms with Crippen molar-refractivity contribution in [2.45, 2.75) is 11.5 Å². The zero-order valence-corrected chi connectivity index (χ0v) is 9.71. The van der Waals surface area contributed by atoms with E-state index in [9.17, 15) is 31.7 Å². The van der Waals surface area contributed by atoms with Crippen LogP contribution in [-0.4, -0.2) is 20.0 Å². The fourth-order valence-corrected chi connectivity index (χ4v) is 1.94. The van der Waals surface area contributed by atoms with Crippen molar-refractivity contribution in [3.05, 3.63) is 28.1 Å². The Morgan fingerprint density at radius 3 is 2.33 bits per heavy atom. The van der Waals surface area contributed by atoms with Crippen LogP contribution in [-0.2, 0) is 9.05 Å². The second-order valence-corrected chi connectivity index (χ2v) is 5.36. The van der Waals surface area contributed by atoms with Gasteiger partial charge in [0, 0.05) is 16.7 Å². The minimum atomic E-state index is -4.68. The molecule has 18 heavy (non-hydrogen) atoms. The molecule has 0 bridgehead atoms. The lowest BCUT2D eigenvalue weighted by molar-refractivity contribution is -0.385. The summed E-state index contributed by atoms with van der Waals surface area (Å²) in [5, 5.41) is 10.4. The lowest BCUT2D eigenvalue weighted by atomic mass is 10.3. The highest BCUT2D eigenvalue weighted by molar-refractivity contribution is 8.13. The molecule has 0 aliphatic heterocycles. The fourth-order valence-electron chi connectivity index (χ4n) is 1.02. The number of nitro groups is 1. The molecule has 0 fully saturated rings. The van der Waals surface area contributed by atoms with Crippen molar-refractivity contribution in [2.75, 3.05) is 0 Å². The van der Waals surface area contributed by atoms with Crippen LogP contribution in [0.5, 0.6) is 5.75 Å². The van der Waals surface area contributed by atoms with E-state index < -0.39 is 42.7 Å². The third-order valence-corrected chi connectivity index (χ3v) is 3.00. The number of ether oxygens (including phenoxy) is 1. The van der Waals surface area contributed by atoms with Gasteiger partial charge in [-0.1, -0.05) is 0 Å². The molecule has 100 valence electrons. The smallest absolute Gasteiger partial charge is 0.387 e. The quantitative estimate of drug-likeness (QED) is 0.484. The maximum Gasteiger partial charge on any atom is 0.387 e. The zero-order valence-electron chi connectivity index (χ0n) is 8.14. The first-order valence-electron chi connectivity index (χ1n) is 4.00. The van der Waals surface area contributed by atoms with Gasteiger partial charge in [0.15, 0.2) is 11.6 Å². The summed E-state index contributed by atoms with van der Waals surface area (Å²) in [6.07, 6.45) is 0. The molecule has 0 aromatic heterocycles. The van der Waals surface area contributed by atoms with Crippen LogP contribution in [0.2, 0.25) is 0 Å². The fraction of sp³-hybridized carbons (Fsp3) is 0.143. The van der Waals surface area contributed by atoms with Gasteiger partial charge in [0.1, 0.15) is 4.90 Å². The average Bonchev–Trinajstić information content (AvgIpc) is 2.18. The number of halogens is 4. The van der Waals surface area contributed by atoms with E-state index in [1.165, 1.54) is 0 Å². The van der Waals surface area contributed by atoms with Gasteiger partial charge in [-0.05, 0) is 0 Å². The first kappa shape index (κ1) is 14.5. The van der Waals surface area contributed by atoms with Crippen molar-refractivity contribution in [3.8, 4) is 5.75 Å². The van der Waals surface area contributed by atoms with Crippen LogP contribution in [0.25, 0.3) is 0 Å². The molecule has 1 aromatic carbocycles. The van der Waals surface area contributed by atoms with Crippen molar-refractivity contribution in [3.63, 3.8) is 0 Å². The highest BCUT2D eigenvalue weighted by Crippen LogP contribution is 2.32. The molecule has 1 aromatic rings. The average molecular weight is 306 g/mol. The monoisotopic (exact) mass is 305 g/mol. The van der Waals surface area contributed by atoms with Gasteiger partial charge in [-0.25, -0.2) is 12.8 Å². The Hall–Kier alpha value is -1.55. The minimum Gasteiger partial charge on any atom is -0.431 e. The Kier molecular flexibility index (Phi) is 4.02. The number of benzene rings is 1. The largest absolute Gasteiger partial charge is 0.431 e. The van der Waals surface area contributed by atoms with Crippen LogP contribution in [0.15, 0.2) is 17.0 Å². The molecule has 0 aliphatic rings. The third kappa shape index (κ3) is 3.23. The molecule has 1 rings (SSSR count). The van der Waals surface area contributed by atoms with Gasteiger partial charge in [0.2, 0.25) is 0 Å². The van der Waals surface area contributed by atoms with Crippen molar-refractivity contribution < 1.29 is 31.2 Å². The highest BCUT2D eigenvalue weighted by Gasteiger charge is 2.26. The number of nitro benzene ring substituents is 1. The van der Waals surface area contributed by atoms with Crippen molar-refractivity contribution >= 4 is 25.4 Å². The van der Waals surface area contributed by atoms with Crippen LogP contribution in [0.1, 0.15) is 0 Å². The highest BCUT2D eigenvalue weighted by atomic mass is 35.7. The van der Waals surface area contributed by atoms with E-state index in [4.69, 9.17) is 10.7 Å². The van der Waals surface area contributed by atoms with Gasteiger partial charge in [-0.2, -0.15) is 8.78 Å². The number of alkyl halides is 2. The predicted molar refractivity (Wildman–Crippen MR) is 52.7 cm³/mol. The lowest BCUT2D eigenvalue weighted by Gasteiger charge is -2.07. The topological polar surface area (TPSA) is 86.5 Å². The molecule has 0 N–H and O–H groups in total. The van der Waals surface area contributed by atoms with Gasteiger partial charge in [-0.3, -0.25) is 10.1 Å². The molecule has 11 heteroatoms. The number of nitrogens with zero attached hydrogens (tertiary/aromatic N) is 1. The predicted octanol–water partition coefficient (Wildman–Crippen LogP) is 2.26. The van der Waals surface area contributed by atoms with E-state index in [1.807, 2.05) is 0 Å². The van der Waals surface area contributed by atoms with Gasteiger partial charge in [-0.15, -0.1) is 0 Å². The number of hydrogen-bond acceptors (Lipinski definition) is 5. The summed E-state index contributed by atoms with van der Waals surface area (Å²) < 4.78 is 62.8. The maximum absolute atomic E-state index is 13.4. The van der Waals surface area contributed by atoms with E-state index in [0.717, 1.165) is 0 Å². The van der Waals surface area contributed by atoms with Crippen LogP contribution in [0, 0.1) is 15.9 Å². The van der Waals surface area contributed by atoms with Crippen LogP contribution in [0.3, 0.4) is 0 Å². The van der Waals surface area contributed by atoms with Crippen molar-refractivity contribution in [1.29, 1.82) is 0 Å². The SMILES string of the molecule is O=[N+]([O-])c1cc(OC(F)F)c(F)c(S(=O)(=O)Cl)c1. The Morgan fingerprint density at radius 2 is 1.94 bits per heavy atom. The zero-order chi connectivity index (χ0) is 14.1. The number of rotatable bonds is 4.